The summed E-state index contributed by atoms with van der Waals surface area (Å²) in [6.45, 7) is 0.827. The van der Waals surface area contributed by atoms with Gasteiger partial charge >= 0.3 is 0 Å². The van der Waals surface area contributed by atoms with Gasteiger partial charge in [-0.05, 0) is 0 Å². The van der Waals surface area contributed by atoms with E-state index in [9.17, 15) is 4.79 Å². The lowest BCUT2D eigenvalue weighted by Gasteiger charge is -2.22. The maximum atomic E-state index is 11.1. The summed E-state index contributed by atoms with van der Waals surface area (Å²) in [4.78, 5) is 11.1. The number of hydrogen-bond donors (Lipinski definition) is 2. The third-order valence-corrected chi connectivity index (χ3v) is 1.92. The van der Waals surface area contributed by atoms with Gasteiger partial charge in [-0.25, -0.2) is 5.84 Å². The monoisotopic (exact) mass is 160 g/mol. The predicted molar refractivity (Wildman–Crippen MR) is 37.5 cm³/mol. The average Bonchev–Trinajstić information content (AvgIpc) is 2.52. The van der Waals surface area contributed by atoms with E-state index < -0.39 is 5.60 Å². The van der Waals surface area contributed by atoms with Gasteiger partial charge in [0.1, 0.15) is 0 Å². The first-order chi connectivity index (χ1) is 5.25. The molecule has 0 saturated carbocycles. The number of carbonyl (C=O) groups is 1. The van der Waals surface area contributed by atoms with Crippen LogP contribution in [0.4, 0.5) is 0 Å². The van der Waals surface area contributed by atoms with Crippen LogP contribution in [-0.2, 0) is 14.3 Å². The van der Waals surface area contributed by atoms with E-state index in [4.69, 9.17) is 15.3 Å². The highest BCUT2D eigenvalue weighted by molar-refractivity contribution is 5.85. The van der Waals surface area contributed by atoms with Crippen molar-refractivity contribution in [1.82, 2.24) is 5.43 Å². The standard InChI is InChI=1S/C6H12N2O3/c1-10-6(5(9)8-7)2-3-11-4-6/h2-4,7H2,1H3,(H,8,9)/t6-/m0/s1. The lowest BCUT2D eigenvalue weighted by molar-refractivity contribution is -0.143. The second kappa shape index (κ2) is 3.17. The van der Waals surface area contributed by atoms with Gasteiger partial charge in [0, 0.05) is 13.5 Å². The first kappa shape index (κ1) is 8.45. The van der Waals surface area contributed by atoms with E-state index in [1.165, 1.54) is 7.11 Å². The summed E-state index contributed by atoms with van der Waals surface area (Å²) in [5.74, 6) is 4.66. The molecule has 0 aromatic heterocycles. The topological polar surface area (TPSA) is 73.6 Å². The number of carbonyl (C=O) groups excluding carboxylic acids is 1. The fourth-order valence-corrected chi connectivity index (χ4v) is 1.11. The van der Waals surface area contributed by atoms with E-state index in [0.717, 1.165) is 0 Å². The summed E-state index contributed by atoms with van der Waals surface area (Å²) in [5, 5.41) is 0. The highest BCUT2D eigenvalue weighted by atomic mass is 16.6. The third-order valence-electron chi connectivity index (χ3n) is 1.92. The van der Waals surface area contributed by atoms with E-state index in [-0.39, 0.29) is 12.5 Å². The molecule has 1 aliphatic rings. The van der Waals surface area contributed by atoms with Crippen LogP contribution in [0, 0.1) is 0 Å². The Kier molecular flexibility index (Phi) is 2.43. The van der Waals surface area contributed by atoms with Gasteiger partial charge in [-0.2, -0.15) is 0 Å². The molecule has 0 aromatic rings. The van der Waals surface area contributed by atoms with Gasteiger partial charge in [0.15, 0.2) is 5.60 Å². The van der Waals surface area contributed by atoms with Gasteiger partial charge in [0.25, 0.3) is 5.91 Å². The Morgan fingerprint density at radius 2 is 2.55 bits per heavy atom. The van der Waals surface area contributed by atoms with Crippen LogP contribution >= 0.6 is 0 Å². The quantitative estimate of drug-likeness (QED) is 0.302. The molecule has 1 rings (SSSR count). The van der Waals surface area contributed by atoms with E-state index in [1.54, 1.807) is 0 Å². The highest BCUT2D eigenvalue weighted by Crippen LogP contribution is 2.21. The predicted octanol–water partition coefficient (Wildman–Crippen LogP) is -1.22. The number of rotatable bonds is 2. The molecule has 1 heterocycles. The molecular weight excluding hydrogens is 148 g/mol. The number of methoxy groups -OCH3 is 1. The normalized spacial score (nSPS) is 30.4. The number of ether oxygens (including phenoxy) is 2. The summed E-state index contributed by atoms with van der Waals surface area (Å²) in [5.41, 5.74) is 1.20. The maximum absolute atomic E-state index is 11.1. The van der Waals surface area contributed by atoms with Crippen LogP contribution in [0.5, 0.6) is 0 Å². The molecule has 3 N–H and O–H groups in total. The van der Waals surface area contributed by atoms with Crippen LogP contribution < -0.4 is 11.3 Å². The second-order valence-corrected chi connectivity index (χ2v) is 2.47. The first-order valence-electron chi connectivity index (χ1n) is 3.39. The lowest BCUT2D eigenvalue weighted by atomic mass is 10.0. The third kappa shape index (κ3) is 1.35. The highest BCUT2D eigenvalue weighted by Gasteiger charge is 2.42. The number of nitrogens with two attached hydrogens (primary N) is 1. The number of amides is 1. The average molecular weight is 160 g/mol. The number of hydrazine groups is 1. The van der Waals surface area contributed by atoms with Crippen LogP contribution in [0.25, 0.3) is 0 Å². The SMILES string of the molecule is CO[C@@]1(C(=O)NN)CCOC1. The molecule has 0 bridgehead atoms. The second-order valence-electron chi connectivity index (χ2n) is 2.47. The minimum Gasteiger partial charge on any atom is -0.378 e. The Hall–Kier alpha value is -0.650. The zero-order valence-corrected chi connectivity index (χ0v) is 6.42. The molecule has 1 aliphatic heterocycles. The van der Waals surface area contributed by atoms with Crippen molar-refractivity contribution in [1.29, 1.82) is 0 Å². The Morgan fingerprint density at radius 1 is 1.82 bits per heavy atom. The molecule has 5 heteroatoms. The van der Waals surface area contributed by atoms with Crippen LogP contribution in [0.15, 0.2) is 0 Å². The van der Waals surface area contributed by atoms with E-state index in [0.29, 0.717) is 13.0 Å². The van der Waals surface area contributed by atoms with Crippen LogP contribution in [-0.4, -0.2) is 31.8 Å². The molecule has 1 atom stereocenters. The summed E-state index contributed by atoms with van der Waals surface area (Å²) in [6, 6.07) is 0. The van der Waals surface area contributed by atoms with Crippen molar-refractivity contribution < 1.29 is 14.3 Å². The van der Waals surface area contributed by atoms with Crippen LogP contribution in [0.3, 0.4) is 0 Å². The molecule has 0 aromatic carbocycles. The van der Waals surface area contributed by atoms with Crippen molar-refractivity contribution in [3.8, 4) is 0 Å². The smallest absolute Gasteiger partial charge is 0.268 e. The minimum absolute atomic E-state index is 0.284. The van der Waals surface area contributed by atoms with Gasteiger partial charge in [0.05, 0.1) is 13.2 Å². The Balaban J connectivity index is 2.66. The molecule has 0 unspecified atom stereocenters. The number of hydrogen-bond acceptors (Lipinski definition) is 4. The van der Waals surface area contributed by atoms with E-state index in [1.807, 2.05) is 0 Å². The summed E-state index contributed by atoms with van der Waals surface area (Å²) in [7, 11) is 1.48. The van der Waals surface area contributed by atoms with Crippen molar-refractivity contribution in [3.63, 3.8) is 0 Å². The minimum atomic E-state index is -0.852. The molecule has 1 amide bonds. The zero-order chi connectivity index (χ0) is 8.32. The van der Waals surface area contributed by atoms with Gasteiger partial charge < -0.3 is 9.47 Å². The Morgan fingerprint density at radius 3 is 2.91 bits per heavy atom. The summed E-state index contributed by atoms with van der Waals surface area (Å²) < 4.78 is 10.1. The fourth-order valence-electron chi connectivity index (χ4n) is 1.11. The summed E-state index contributed by atoms with van der Waals surface area (Å²) >= 11 is 0. The van der Waals surface area contributed by atoms with Gasteiger partial charge in [-0.15, -0.1) is 0 Å². The Bertz CT molecular complexity index is 154. The molecule has 11 heavy (non-hydrogen) atoms. The first-order valence-corrected chi connectivity index (χ1v) is 3.39. The number of nitrogens with one attached hydrogen (secondary N) is 1. The van der Waals surface area contributed by atoms with Crippen LogP contribution in [0.2, 0.25) is 0 Å². The van der Waals surface area contributed by atoms with E-state index in [2.05, 4.69) is 5.43 Å². The fraction of sp³-hybridized carbons (Fsp3) is 0.833. The molecule has 0 radical (unpaired) electrons. The van der Waals surface area contributed by atoms with Gasteiger partial charge in [0.2, 0.25) is 0 Å². The van der Waals surface area contributed by atoms with Gasteiger partial charge in [-0.3, -0.25) is 10.2 Å². The van der Waals surface area contributed by atoms with Gasteiger partial charge in [-0.1, -0.05) is 0 Å². The zero-order valence-electron chi connectivity index (χ0n) is 6.42. The largest absolute Gasteiger partial charge is 0.378 e. The van der Waals surface area contributed by atoms with Crippen molar-refractivity contribution in [2.24, 2.45) is 5.84 Å². The van der Waals surface area contributed by atoms with Crippen molar-refractivity contribution in [3.05, 3.63) is 0 Å². The summed E-state index contributed by atoms with van der Waals surface area (Å²) in [6.07, 6.45) is 0.562. The Labute approximate surface area is 64.8 Å². The van der Waals surface area contributed by atoms with E-state index >= 15 is 0 Å². The molecule has 1 fully saturated rings. The molecule has 1 saturated heterocycles. The molecular formula is C6H12N2O3. The molecule has 5 nitrogen and oxygen atoms in total. The van der Waals surface area contributed by atoms with Crippen LogP contribution in [0.1, 0.15) is 6.42 Å². The maximum Gasteiger partial charge on any atom is 0.268 e. The van der Waals surface area contributed by atoms with Crippen molar-refractivity contribution >= 4 is 5.91 Å². The van der Waals surface area contributed by atoms with Crippen molar-refractivity contribution in [2.75, 3.05) is 20.3 Å². The molecule has 0 spiro atoms. The molecule has 0 aliphatic carbocycles. The lowest BCUT2D eigenvalue weighted by Crippen LogP contribution is -2.51. The molecule has 64 valence electrons. The van der Waals surface area contributed by atoms with Crippen molar-refractivity contribution in [2.45, 2.75) is 12.0 Å².